The Bertz CT molecular complexity index is 556. The third-order valence-electron chi connectivity index (χ3n) is 2.62. The number of halogens is 1. The van der Waals surface area contributed by atoms with Crippen molar-refractivity contribution in [2.24, 2.45) is 0 Å². The Hall–Kier alpha value is -2.17. The van der Waals surface area contributed by atoms with Crippen molar-refractivity contribution in [2.45, 2.75) is 6.92 Å². The standard InChI is InChI=1S/C13H15FN4/c1-9-16-12(15-2)8-13(17-9)18(3)11-6-4-5-10(14)7-11/h4-8H,1-3H3,(H,15,16,17). The van der Waals surface area contributed by atoms with E-state index < -0.39 is 0 Å². The minimum absolute atomic E-state index is 0.265. The molecule has 2 rings (SSSR count). The second-order valence-corrected chi connectivity index (χ2v) is 3.95. The van der Waals surface area contributed by atoms with Gasteiger partial charge in [0.2, 0.25) is 0 Å². The van der Waals surface area contributed by atoms with Crippen LogP contribution >= 0.6 is 0 Å². The van der Waals surface area contributed by atoms with Gasteiger partial charge in [0.1, 0.15) is 23.3 Å². The van der Waals surface area contributed by atoms with Gasteiger partial charge in [-0.15, -0.1) is 0 Å². The lowest BCUT2D eigenvalue weighted by atomic mass is 10.3. The van der Waals surface area contributed by atoms with Crippen molar-refractivity contribution in [3.63, 3.8) is 0 Å². The maximum atomic E-state index is 13.2. The van der Waals surface area contributed by atoms with Crippen molar-refractivity contribution in [1.82, 2.24) is 9.97 Å². The van der Waals surface area contributed by atoms with E-state index in [1.54, 1.807) is 13.1 Å². The number of benzene rings is 1. The van der Waals surface area contributed by atoms with Crippen LogP contribution in [0.1, 0.15) is 5.82 Å². The fraction of sp³-hybridized carbons (Fsp3) is 0.231. The highest BCUT2D eigenvalue weighted by atomic mass is 19.1. The van der Waals surface area contributed by atoms with Crippen LogP contribution in [0.25, 0.3) is 0 Å². The summed E-state index contributed by atoms with van der Waals surface area (Å²) >= 11 is 0. The Labute approximate surface area is 105 Å². The number of nitrogens with zero attached hydrogens (tertiary/aromatic N) is 3. The van der Waals surface area contributed by atoms with Crippen LogP contribution in [0.5, 0.6) is 0 Å². The van der Waals surface area contributed by atoms with Crippen molar-refractivity contribution < 1.29 is 4.39 Å². The molecular formula is C13H15FN4. The smallest absolute Gasteiger partial charge is 0.138 e. The summed E-state index contributed by atoms with van der Waals surface area (Å²) in [7, 11) is 3.64. The van der Waals surface area contributed by atoms with Crippen LogP contribution in [0, 0.1) is 12.7 Å². The first-order valence-electron chi connectivity index (χ1n) is 5.63. The lowest BCUT2D eigenvalue weighted by Crippen LogP contribution is -2.13. The molecule has 0 aliphatic carbocycles. The number of rotatable bonds is 3. The highest BCUT2D eigenvalue weighted by Crippen LogP contribution is 2.23. The summed E-state index contributed by atoms with van der Waals surface area (Å²) in [5, 5.41) is 2.97. The van der Waals surface area contributed by atoms with Gasteiger partial charge in [0.25, 0.3) is 0 Å². The molecule has 2 aromatic rings. The van der Waals surface area contributed by atoms with Gasteiger partial charge in [0.05, 0.1) is 0 Å². The zero-order chi connectivity index (χ0) is 13.1. The van der Waals surface area contributed by atoms with Gasteiger partial charge >= 0.3 is 0 Å². The minimum atomic E-state index is -0.265. The average Bonchev–Trinajstić information content (AvgIpc) is 2.37. The zero-order valence-electron chi connectivity index (χ0n) is 10.6. The molecule has 94 valence electrons. The molecule has 0 spiro atoms. The second-order valence-electron chi connectivity index (χ2n) is 3.95. The molecule has 0 atom stereocenters. The first-order chi connectivity index (χ1) is 8.60. The van der Waals surface area contributed by atoms with E-state index in [4.69, 9.17) is 0 Å². The summed E-state index contributed by atoms with van der Waals surface area (Å²) in [5.74, 6) is 1.86. The number of nitrogens with one attached hydrogen (secondary N) is 1. The van der Waals surface area contributed by atoms with Gasteiger partial charge in [-0.05, 0) is 25.1 Å². The third kappa shape index (κ3) is 2.56. The summed E-state index contributed by atoms with van der Waals surface area (Å²) in [6.07, 6.45) is 0. The fourth-order valence-electron chi connectivity index (χ4n) is 1.67. The average molecular weight is 246 g/mol. The van der Waals surface area contributed by atoms with Gasteiger partial charge < -0.3 is 10.2 Å². The maximum Gasteiger partial charge on any atom is 0.138 e. The number of aryl methyl sites for hydroxylation is 1. The molecule has 1 aromatic carbocycles. The number of hydrogen-bond donors (Lipinski definition) is 1. The molecule has 4 nitrogen and oxygen atoms in total. The van der Waals surface area contributed by atoms with E-state index in [1.165, 1.54) is 12.1 Å². The zero-order valence-corrected chi connectivity index (χ0v) is 10.6. The quantitative estimate of drug-likeness (QED) is 0.904. The molecule has 1 heterocycles. The Kier molecular flexibility index (Phi) is 3.41. The van der Waals surface area contributed by atoms with Gasteiger partial charge in [0, 0.05) is 25.8 Å². The summed E-state index contributed by atoms with van der Waals surface area (Å²) in [4.78, 5) is 10.4. The van der Waals surface area contributed by atoms with Crippen molar-refractivity contribution >= 4 is 17.3 Å². The van der Waals surface area contributed by atoms with E-state index in [0.29, 0.717) is 5.82 Å². The molecule has 0 unspecified atom stereocenters. The highest BCUT2D eigenvalue weighted by Gasteiger charge is 2.08. The number of anilines is 3. The van der Waals surface area contributed by atoms with E-state index in [-0.39, 0.29) is 5.82 Å². The number of aromatic nitrogens is 2. The van der Waals surface area contributed by atoms with Crippen LogP contribution in [0.3, 0.4) is 0 Å². The largest absolute Gasteiger partial charge is 0.373 e. The molecule has 1 N–H and O–H groups in total. The minimum Gasteiger partial charge on any atom is -0.373 e. The van der Waals surface area contributed by atoms with Crippen LogP contribution in [0.15, 0.2) is 30.3 Å². The van der Waals surface area contributed by atoms with E-state index >= 15 is 0 Å². The van der Waals surface area contributed by atoms with Crippen molar-refractivity contribution in [2.75, 3.05) is 24.3 Å². The third-order valence-corrected chi connectivity index (χ3v) is 2.62. The van der Waals surface area contributed by atoms with Crippen LogP contribution in [0.2, 0.25) is 0 Å². The Morgan fingerprint density at radius 1 is 1.22 bits per heavy atom. The molecule has 0 amide bonds. The Morgan fingerprint density at radius 3 is 2.67 bits per heavy atom. The molecular weight excluding hydrogens is 231 g/mol. The topological polar surface area (TPSA) is 41.0 Å². The molecule has 0 radical (unpaired) electrons. The van der Waals surface area contributed by atoms with Gasteiger partial charge in [-0.25, -0.2) is 14.4 Å². The molecule has 5 heteroatoms. The molecule has 0 saturated heterocycles. The first-order valence-corrected chi connectivity index (χ1v) is 5.63. The summed E-state index contributed by atoms with van der Waals surface area (Å²) in [5.41, 5.74) is 0.746. The predicted octanol–water partition coefficient (Wildman–Crippen LogP) is 2.73. The van der Waals surface area contributed by atoms with Gasteiger partial charge in [-0.3, -0.25) is 0 Å². The van der Waals surface area contributed by atoms with Gasteiger partial charge in [-0.1, -0.05) is 6.07 Å². The van der Waals surface area contributed by atoms with E-state index in [0.717, 1.165) is 17.3 Å². The first kappa shape index (κ1) is 12.3. The molecule has 0 fully saturated rings. The molecule has 0 saturated carbocycles. The van der Waals surface area contributed by atoms with Gasteiger partial charge in [-0.2, -0.15) is 0 Å². The Morgan fingerprint density at radius 2 is 2.00 bits per heavy atom. The number of hydrogen-bond acceptors (Lipinski definition) is 4. The second kappa shape index (κ2) is 5.00. The predicted molar refractivity (Wildman–Crippen MR) is 70.8 cm³/mol. The lowest BCUT2D eigenvalue weighted by Gasteiger charge is -2.19. The van der Waals surface area contributed by atoms with Crippen molar-refractivity contribution in [3.05, 3.63) is 42.0 Å². The molecule has 0 aliphatic heterocycles. The van der Waals surface area contributed by atoms with Crippen molar-refractivity contribution in [1.29, 1.82) is 0 Å². The summed E-state index contributed by atoms with van der Waals surface area (Å²) in [6.45, 7) is 1.82. The van der Waals surface area contributed by atoms with E-state index in [1.807, 2.05) is 31.0 Å². The molecule has 18 heavy (non-hydrogen) atoms. The summed E-state index contributed by atoms with van der Waals surface area (Å²) in [6, 6.07) is 8.21. The molecule has 1 aromatic heterocycles. The van der Waals surface area contributed by atoms with Crippen LogP contribution in [-0.4, -0.2) is 24.1 Å². The van der Waals surface area contributed by atoms with Crippen molar-refractivity contribution in [3.8, 4) is 0 Å². The Balaban J connectivity index is 2.39. The van der Waals surface area contributed by atoms with Gasteiger partial charge in [0.15, 0.2) is 0 Å². The van der Waals surface area contributed by atoms with E-state index in [9.17, 15) is 4.39 Å². The SMILES string of the molecule is CNc1cc(N(C)c2cccc(F)c2)nc(C)n1. The fourth-order valence-corrected chi connectivity index (χ4v) is 1.67. The normalized spacial score (nSPS) is 10.2. The summed E-state index contributed by atoms with van der Waals surface area (Å²) < 4.78 is 13.2. The maximum absolute atomic E-state index is 13.2. The lowest BCUT2D eigenvalue weighted by molar-refractivity contribution is 0.628. The van der Waals surface area contributed by atoms with Crippen LogP contribution in [0.4, 0.5) is 21.7 Å². The molecule has 0 aliphatic rings. The van der Waals surface area contributed by atoms with E-state index in [2.05, 4.69) is 15.3 Å². The molecule has 0 bridgehead atoms. The van der Waals surface area contributed by atoms with Crippen LogP contribution in [-0.2, 0) is 0 Å². The monoisotopic (exact) mass is 246 g/mol. The highest BCUT2D eigenvalue weighted by molar-refractivity contribution is 5.61. The van der Waals surface area contributed by atoms with Crippen LogP contribution < -0.4 is 10.2 Å².